The van der Waals surface area contributed by atoms with E-state index in [0.717, 1.165) is 9.26 Å². The van der Waals surface area contributed by atoms with Gasteiger partial charge in [0.2, 0.25) is 0 Å². The first-order valence-electron chi connectivity index (χ1n) is 3.70. The number of nitrogen functional groups attached to an aromatic ring is 1. The molecule has 66 valence electrons. The van der Waals surface area contributed by atoms with Crippen LogP contribution in [0.1, 0.15) is 26.3 Å². The van der Waals surface area contributed by atoms with Gasteiger partial charge in [0.05, 0.1) is 0 Å². The molecule has 1 rings (SSSR count). The van der Waals surface area contributed by atoms with Crippen LogP contribution >= 0.6 is 22.6 Å². The summed E-state index contributed by atoms with van der Waals surface area (Å²) in [5.74, 6) is 0.486. The van der Waals surface area contributed by atoms with Crippen molar-refractivity contribution in [1.82, 2.24) is 10.2 Å². The Hall–Kier alpha value is -0.390. The minimum Gasteiger partial charge on any atom is -0.382 e. The topological polar surface area (TPSA) is 51.8 Å². The molecular weight excluding hydrogens is 265 g/mol. The second-order valence-corrected chi connectivity index (χ2v) is 4.75. The van der Waals surface area contributed by atoms with E-state index in [4.69, 9.17) is 5.73 Å². The molecular formula is C8H12IN3. The summed E-state index contributed by atoms with van der Waals surface area (Å²) in [6.45, 7) is 6.39. The number of aromatic nitrogens is 2. The summed E-state index contributed by atoms with van der Waals surface area (Å²) in [5, 5.41) is 7.73. The Bertz CT molecular complexity index is 291. The summed E-state index contributed by atoms with van der Waals surface area (Å²) in [7, 11) is 0. The van der Waals surface area contributed by atoms with Crippen molar-refractivity contribution in [2.24, 2.45) is 0 Å². The van der Waals surface area contributed by atoms with E-state index in [2.05, 4.69) is 53.6 Å². The Labute approximate surface area is 85.9 Å². The van der Waals surface area contributed by atoms with Gasteiger partial charge in [0, 0.05) is 0 Å². The minimum absolute atomic E-state index is 0.0839. The number of anilines is 1. The third-order valence-electron chi connectivity index (χ3n) is 1.58. The standard InChI is InChI=1S/C8H12IN3/c1-8(2,3)5-4-6(10)11-12-7(5)9/h4H,1-3H3,(H2,10,11). The Morgan fingerprint density at radius 2 is 1.92 bits per heavy atom. The second kappa shape index (κ2) is 3.16. The van der Waals surface area contributed by atoms with Gasteiger partial charge in [0.1, 0.15) is 9.52 Å². The van der Waals surface area contributed by atoms with Gasteiger partial charge in [-0.1, -0.05) is 20.8 Å². The fraction of sp³-hybridized carbons (Fsp3) is 0.500. The zero-order valence-corrected chi connectivity index (χ0v) is 9.58. The minimum atomic E-state index is 0.0839. The van der Waals surface area contributed by atoms with Crippen molar-refractivity contribution >= 4 is 28.4 Å². The SMILES string of the molecule is CC(C)(C)c1cc(N)nnc1I. The van der Waals surface area contributed by atoms with Crippen LogP contribution in [0.15, 0.2) is 6.07 Å². The highest BCUT2D eigenvalue weighted by Crippen LogP contribution is 2.26. The summed E-state index contributed by atoms with van der Waals surface area (Å²) >= 11 is 2.17. The van der Waals surface area contributed by atoms with E-state index in [1.54, 1.807) is 0 Å². The van der Waals surface area contributed by atoms with Gasteiger partial charge in [-0.15, -0.1) is 10.2 Å². The highest BCUT2D eigenvalue weighted by Gasteiger charge is 2.18. The van der Waals surface area contributed by atoms with Crippen LogP contribution in [0.25, 0.3) is 0 Å². The van der Waals surface area contributed by atoms with Crippen molar-refractivity contribution in [3.05, 3.63) is 15.3 Å². The molecule has 0 radical (unpaired) electrons. The van der Waals surface area contributed by atoms with Gasteiger partial charge in [-0.3, -0.25) is 0 Å². The number of halogens is 1. The van der Waals surface area contributed by atoms with Crippen LogP contribution in [0.2, 0.25) is 0 Å². The average molecular weight is 277 g/mol. The molecule has 0 bridgehead atoms. The van der Waals surface area contributed by atoms with E-state index in [0.29, 0.717) is 5.82 Å². The number of nitrogens with two attached hydrogens (primary N) is 1. The van der Waals surface area contributed by atoms with Gasteiger partial charge < -0.3 is 5.73 Å². The molecule has 2 N–H and O–H groups in total. The third kappa shape index (κ3) is 2.06. The molecule has 0 saturated heterocycles. The largest absolute Gasteiger partial charge is 0.382 e. The molecule has 4 heteroatoms. The van der Waals surface area contributed by atoms with E-state index < -0.39 is 0 Å². The lowest BCUT2D eigenvalue weighted by molar-refractivity contribution is 0.580. The number of rotatable bonds is 0. The first-order chi connectivity index (χ1) is 5.41. The van der Waals surface area contributed by atoms with Crippen molar-refractivity contribution in [2.75, 3.05) is 5.73 Å². The third-order valence-corrected chi connectivity index (χ3v) is 2.37. The Kier molecular flexibility index (Phi) is 2.55. The van der Waals surface area contributed by atoms with E-state index in [1.807, 2.05) is 6.07 Å². The average Bonchev–Trinajstić information content (AvgIpc) is 1.92. The van der Waals surface area contributed by atoms with Crippen molar-refractivity contribution in [1.29, 1.82) is 0 Å². The van der Waals surface area contributed by atoms with Crippen LogP contribution in [-0.4, -0.2) is 10.2 Å². The molecule has 0 unspecified atom stereocenters. The fourth-order valence-corrected chi connectivity index (χ4v) is 1.99. The number of nitrogens with zero attached hydrogens (tertiary/aromatic N) is 2. The first kappa shape index (κ1) is 9.70. The van der Waals surface area contributed by atoms with Crippen LogP contribution in [0.4, 0.5) is 5.82 Å². The number of hydrogen-bond donors (Lipinski definition) is 1. The molecule has 0 fully saturated rings. The molecule has 1 heterocycles. The van der Waals surface area contributed by atoms with Crippen LogP contribution < -0.4 is 5.73 Å². The van der Waals surface area contributed by atoms with Gasteiger partial charge in [0.25, 0.3) is 0 Å². The summed E-state index contributed by atoms with van der Waals surface area (Å²) in [4.78, 5) is 0. The molecule has 3 nitrogen and oxygen atoms in total. The Morgan fingerprint density at radius 3 is 2.33 bits per heavy atom. The normalized spacial score (nSPS) is 11.7. The molecule has 1 aromatic heterocycles. The maximum absolute atomic E-state index is 5.55. The maximum Gasteiger partial charge on any atom is 0.146 e. The van der Waals surface area contributed by atoms with Crippen LogP contribution in [-0.2, 0) is 5.41 Å². The monoisotopic (exact) mass is 277 g/mol. The molecule has 12 heavy (non-hydrogen) atoms. The highest BCUT2D eigenvalue weighted by atomic mass is 127. The van der Waals surface area contributed by atoms with Gasteiger partial charge in [-0.25, -0.2) is 0 Å². The molecule has 1 aromatic rings. The lowest BCUT2D eigenvalue weighted by Gasteiger charge is -2.19. The molecule has 0 atom stereocenters. The number of hydrogen-bond acceptors (Lipinski definition) is 3. The highest BCUT2D eigenvalue weighted by molar-refractivity contribution is 14.1. The zero-order valence-electron chi connectivity index (χ0n) is 7.43. The van der Waals surface area contributed by atoms with Crippen molar-refractivity contribution < 1.29 is 0 Å². The summed E-state index contributed by atoms with van der Waals surface area (Å²) < 4.78 is 0.925. The molecule has 0 aliphatic rings. The quantitative estimate of drug-likeness (QED) is 0.737. The van der Waals surface area contributed by atoms with Crippen LogP contribution in [0.5, 0.6) is 0 Å². The van der Waals surface area contributed by atoms with E-state index in [1.165, 1.54) is 0 Å². The van der Waals surface area contributed by atoms with E-state index >= 15 is 0 Å². The lowest BCUT2D eigenvalue weighted by atomic mass is 9.89. The van der Waals surface area contributed by atoms with Gasteiger partial charge in [-0.05, 0) is 39.6 Å². The maximum atomic E-state index is 5.55. The smallest absolute Gasteiger partial charge is 0.146 e. The van der Waals surface area contributed by atoms with E-state index in [9.17, 15) is 0 Å². The molecule has 0 amide bonds. The molecule has 0 spiro atoms. The molecule has 0 aliphatic carbocycles. The van der Waals surface area contributed by atoms with E-state index in [-0.39, 0.29) is 5.41 Å². The van der Waals surface area contributed by atoms with Crippen molar-refractivity contribution in [3.8, 4) is 0 Å². The zero-order chi connectivity index (χ0) is 9.35. The molecule has 0 aliphatic heterocycles. The summed E-state index contributed by atoms with van der Waals surface area (Å²) in [6.07, 6.45) is 0. The van der Waals surface area contributed by atoms with Gasteiger partial charge in [-0.2, -0.15) is 0 Å². The summed E-state index contributed by atoms with van der Waals surface area (Å²) in [6, 6.07) is 1.88. The van der Waals surface area contributed by atoms with Crippen molar-refractivity contribution in [2.45, 2.75) is 26.2 Å². The second-order valence-electron chi connectivity index (χ2n) is 3.72. The van der Waals surface area contributed by atoms with Crippen LogP contribution in [0, 0.1) is 3.70 Å². The fourth-order valence-electron chi connectivity index (χ4n) is 0.918. The van der Waals surface area contributed by atoms with Gasteiger partial charge >= 0.3 is 0 Å². The Balaban J connectivity index is 3.23. The summed E-state index contributed by atoms with van der Waals surface area (Å²) in [5.41, 5.74) is 6.78. The van der Waals surface area contributed by atoms with Crippen LogP contribution in [0.3, 0.4) is 0 Å². The predicted octanol–water partition coefficient (Wildman–Crippen LogP) is 1.96. The Morgan fingerprint density at radius 1 is 1.33 bits per heavy atom. The lowest BCUT2D eigenvalue weighted by Crippen LogP contribution is -2.15. The first-order valence-corrected chi connectivity index (χ1v) is 4.78. The predicted molar refractivity (Wildman–Crippen MR) is 57.9 cm³/mol. The molecule has 0 saturated carbocycles. The molecule has 0 aromatic carbocycles. The van der Waals surface area contributed by atoms with Crippen molar-refractivity contribution in [3.63, 3.8) is 0 Å². The van der Waals surface area contributed by atoms with Gasteiger partial charge in [0.15, 0.2) is 0 Å².